The van der Waals surface area contributed by atoms with E-state index in [-0.39, 0.29) is 0 Å². The summed E-state index contributed by atoms with van der Waals surface area (Å²) in [7, 11) is 0. The van der Waals surface area contributed by atoms with Gasteiger partial charge in [-0.1, -0.05) is 41.9 Å². The summed E-state index contributed by atoms with van der Waals surface area (Å²) in [4.78, 5) is 0. The number of rotatable bonds is 0. The van der Waals surface area contributed by atoms with Crippen LogP contribution in [0, 0.1) is 5.92 Å². The summed E-state index contributed by atoms with van der Waals surface area (Å²) in [6.07, 6.45) is 13.3. The Morgan fingerprint density at radius 2 is 1.62 bits per heavy atom. The molecule has 1 aliphatic carbocycles. The van der Waals surface area contributed by atoms with E-state index in [1.54, 1.807) is 11.1 Å². The molecule has 0 aromatic rings. The maximum atomic E-state index is 2.42. The van der Waals surface area contributed by atoms with Crippen LogP contribution in [0.3, 0.4) is 0 Å². The Labute approximate surface area is 101 Å². The van der Waals surface area contributed by atoms with Crippen molar-refractivity contribution in [2.75, 3.05) is 0 Å². The lowest BCUT2D eigenvalue weighted by molar-refractivity contribution is 0.607. The fraction of sp³-hybridized carbons (Fsp3) is 0.625. The number of hydrogen-bond acceptors (Lipinski definition) is 0. The van der Waals surface area contributed by atoms with Crippen molar-refractivity contribution in [1.29, 1.82) is 0 Å². The van der Waals surface area contributed by atoms with Gasteiger partial charge in [-0.15, -0.1) is 0 Å². The first-order valence-corrected chi connectivity index (χ1v) is 6.57. The highest BCUT2D eigenvalue weighted by Gasteiger charge is 2.04. The Hall–Kier alpha value is -0.780. The zero-order valence-electron chi connectivity index (χ0n) is 11.3. The second-order valence-corrected chi connectivity index (χ2v) is 5.26. The molecule has 0 heteroatoms. The normalized spacial score (nSPS) is 24.8. The summed E-state index contributed by atoms with van der Waals surface area (Å²) in [5, 5.41) is 0. The minimum Gasteiger partial charge on any atom is -0.0853 e. The van der Waals surface area contributed by atoms with Crippen LogP contribution in [-0.2, 0) is 0 Å². The third-order valence-corrected chi connectivity index (χ3v) is 3.69. The average Bonchev–Trinajstić information content (AvgIpc) is 2.24. The van der Waals surface area contributed by atoms with Gasteiger partial charge in [-0.05, 0) is 58.8 Å². The van der Waals surface area contributed by atoms with Crippen molar-refractivity contribution in [1.82, 2.24) is 0 Å². The lowest BCUT2D eigenvalue weighted by atomic mass is 9.93. The summed E-state index contributed by atoms with van der Waals surface area (Å²) in [5.74, 6) is 0.733. The molecule has 16 heavy (non-hydrogen) atoms. The van der Waals surface area contributed by atoms with Gasteiger partial charge in [-0.25, -0.2) is 0 Å². The summed E-state index contributed by atoms with van der Waals surface area (Å²) in [5.41, 5.74) is 4.65. The van der Waals surface area contributed by atoms with E-state index in [4.69, 9.17) is 0 Å². The van der Waals surface area contributed by atoms with Gasteiger partial charge in [0.05, 0.1) is 0 Å². The number of hydrogen-bond donors (Lipinski definition) is 0. The maximum Gasteiger partial charge on any atom is -0.0164 e. The van der Waals surface area contributed by atoms with Crippen LogP contribution in [0.4, 0.5) is 0 Å². The highest BCUT2D eigenvalue weighted by Crippen LogP contribution is 2.21. The first-order chi connectivity index (χ1) is 7.59. The van der Waals surface area contributed by atoms with Crippen molar-refractivity contribution in [3.05, 3.63) is 34.9 Å². The van der Waals surface area contributed by atoms with Crippen LogP contribution < -0.4 is 0 Å². The molecule has 0 heterocycles. The molecule has 0 radical (unpaired) electrons. The van der Waals surface area contributed by atoms with Crippen LogP contribution in [0.5, 0.6) is 0 Å². The molecular formula is C16H26. The van der Waals surface area contributed by atoms with Crippen LogP contribution in [0.2, 0.25) is 0 Å². The lowest BCUT2D eigenvalue weighted by Crippen LogP contribution is -1.97. The van der Waals surface area contributed by atoms with Gasteiger partial charge in [-0.2, -0.15) is 0 Å². The molecule has 1 atom stereocenters. The van der Waals surface area contributed by atoms with E-state index in [1.807, 2.05) is 0 Å². The standard InChI is InChI=1S/C16H26/c1-13-7-5-8-14(2)11-12-16(4)15(3)10-6-9-13/h8-10,16H,5-7,11-12H2,1-4H3. The van der Waals surface area contributed by atoms with Gasteiger partial charge in [0.1, 0.15) is 0 Å². The molecule has 0 aliphatic heterocycles. The van der Waals surface area contributed by atoms with Crippen LogP contribution in [-0.4, -0.2) is 0 Å². The lowest BCUT2D eigenvalue weighted by Gasteiger charge is -2.13. The fourth-order valence-corrected chi connectivity index (χ4v) is 2.07. The van der Waals surface area contributed by atoms with Crippen molar-refractivity contribution < 1.29 is 0 Å². The Morgan fingerprint density at radius 3 is 2.38 bits per heavy atom. The molecule has 0 N–H and O–H groups in total. The van der Waals surface area contributed by atoms with Crippen molar-refractivity contribution in [2.24, 2.45) is 5.92 Å². The molecule has 1 aliphatic rings. The predicted octanol–water partition coefficient (Wildman–Crippen LogP) is 5.43. The SMILES string of the molecule is CC1=CCC=C(C)C(C)CCC(C)=CCC1. The largest absolute Gasteiger partial charge is 0.0853 e. The highest BCUT2D eigenvalue weighted by atomic mass is 14.1. The van der Waals surface area contributed by atoms with Crippen LogP contribution >= 0.6 is 0 Å². The van der Waals surface area contributed by atoms with Crippen molar-refractivity contribution in [3.8, 4) is 0 Å². The van der Waals surface area contributed by atoms with Gasteiger partial charge in [0.2, 0.25) is 0 Å². The van der Waals surface area contributed by atoms with E-state index in [2.05, 4.69) is 45.9 Å². The zero-order chi connectivity index (χ0) is 12.0. The Morgan fingerprint density at radius 1 is 0.938 bits per heavy atom. The minimum absolute atomic E-state index is 0.733. The summed E-state index contributed by atoms with van der Waals surface area (Å²) in [6, 6.07) is 0. The first kappa shape index (κ1) is 13.3. The number of allylic oxidation sites excluding steroid dienone is 6. The Balaban J connectivity index is 2.74. The van der Waals surface area contributed by atoms with Crippen LogP contribution in [0.25, 0.3) is 0 Å². The summed E-state index contributed by atoms with van der Waals surface area (Å²) in [6.45, 7) is 9.15. The van der Waals surface area contributed by atoms with Gasteiger partial charge in [0.15, 0.2) is 0 Å². The first-order valence-electron chi connectivity index (χ1n) is 6.57. The van der Waals surface area contributed by atoms with E-state index in [0.29, 0.717) is 0 Å². The second-order valence-electron chi connectivity index (χ2n) is 5.26. The van der Waals surface area contributed by atoms with E-state index >= 15 is 0 Å². The molecule has 0 saturated heterocycles. The molecule has 0 saturated carbocycles. The highest BCUT2D eigenvalue weighted by molar-refractivity contribution is 5.11. The second kappa shape index (κ2) is 6.73. The van der Waals surface area contributed by atoms with Gasteiger partial charge in [0, 0.05) is 0 Å². The van der Waals surface area contributed by atoms with Crippen LogP contribution in [0.15, 0.2) is 34.9 Å². The topological polar surface area (TPSA) is 0 Å². The smallest absolute Gasteiger partial charge is 0.0164 e. The average molecular weight is 218 g/mol. The molecule has 0 aromatic heterocycles. The predicted molar refractivity (Wildman–Crippen MR) is 73.5 cm³/mol. The molecular weight excluding hydrogens is 192 g/mol. The molecule has 0 bridgehead atoms. The molecule has 1 unspecified atom stereocenters. The molecule has 0 aromatic carbocycles. The summed E-state index contributed by atoms with van der Waals surface area (Å²) < 4.78 is 0. The van der Waals surface area contributed by atoms with Gasteiger partial charge in [-0.3, -0.25) is 0 Å². The van der Waals surface area contributed by atoms with Gasteiger partial charge < -0.3 is 0 Å². The molecule has 90 valence electrons. The monoisotopic (exact) mass is 218 g/mol. The molecule has 0 spiro atoms. The Bertz CT molecular complexity index is 302. The van der Waals surface area contributed by atoms with Crippen molar-refractivity contribution in [2.45, 2.75) is 59.8 Å². The van der Waals surface area contributed by atoms with Crippen molar-refractivity contribution >= 4 is 0 Å². The third-order valence-electron chi connectivity index (χ3n) is 3.69. The van der Waals surface area contributed by atoms with Crippen molar-refractivity contribution in [3.63, 3.8) is 0 Å². The van der Waals surface area contributed by atoms with Gasteiger partial charge >= 0.3 is 0 Å². The zero-order valence-corrected chi connectivity index (χ0v) is 11.3. The van der Waals surface area contributed by atoms with Gasteiger partial charge in [0.25, 0.3) is 0 Å². The van der Waals surface area contributed by atoms with E-state index in [9.17, 15) is 0 Å². The quantitative estimate of drug-likeness (QED) is 0.476. The molecule has 0 nitrogen and oxygen atoms in total. The van der Waals surface area contributed by atoms with E-state index < -0.39 is 0 Å². The maximum absolute atomic E-state index is 2.42. The van der Waals surface area contributed by atoms with E-state index in [1.165, 1.54) is 31.3 Å². The van der Waals surface area contributed by atoms with E-state index in [0.717, 1.165) is 12.3 Å². The molecule has 0 amide bonds. The fourth-order valence-electron chi connectivity index (χ4n) is 2.07. The minimum atomic E-state index is 0.733. The summed E-state index contributed by atoms with van der Waals surface area (Å²) >= 11 is 0. The third kappa shape index (κ3) is 4.83. The Kier molecular flexibility index (Phi) is 5.59. The molecule has 1 rings (SSSR count). The molecule has 0 fully saturated rings. The van der Waals surface area contributed by atoms with Crippen LogP contribution in [0.1, 0.15) is 59.8 Å².